The molecule has 1 heterocycles. The topological polar surface area (TPSA) is 15.3 Å². The smallest absolute Gasteiger partial charge is 0.0249 e. The lowest BCUT2D eigenvalue weighted by molar-refractivity contribution is 0.144. The largest absolute Gasteiger partial charge is 0.315 e. The number of likely N-dealkylation sites (tertiary alicyclic amines) is 1. The maximum Gasteiger partial charge on any atom is 0.0249 e. The van der Waals surface area contributed by atoms with Crippen LogP contribution in [0.25, 0.3) is 0 Å². The molecule has 1 fully saturated rings. The standard InChI is InChI=1S/C13H28N2/c1-5-8-12(14-4)13(6-2)15-10-7-9-11(15)3/h11-14H,5-10H2,1-4H3. The van der Waals surface area contributed by atoms with Crippen LogP contribution in [-0.2, 0) is 0 Å². The van der Waals surface area contributed by atoms with Crippen molar-refractivity contribution in [2.45, 2.75) is 71.0 Å². The van der Waals surface area contributed by atoms with Gasteiger partial charge in [0, 0.05) is 18.1 Å². The molecule has 0 aromatic rings. The molecule has 0 aromatic heterocycles. The Morgan fingerprint density at radius 1 is 1.40 bits per heavy atom. The first-order chi connectivity index (χ1) is 7.24. The Kier molecular flexibility index (Phi) is 5.62. The SMILES string of the molecule is CCCC(NC)C(CC)N1CCCC1C. The summed E-state index contributed by atoms with van der Waals surface area (Å²) in [4.78, 5) is 2.72. The molecule has 1 aliphatic rings. The lowest BCUT2D eigenvalue weighted by Crippen LogP contribution is -2.49. The number of hydrogen-bond donors (Lipinski definition) is 1. The molecular formula is C13H28N2. The van der Waals surface area contributed by atoms with Gasteiger partial charge in [-0.3, -0.25) is 4.90 Å². The molecule has 0 bridgehead atoms. The van der Waals surface area contributed by atoms with E-state index in [-0.39, 0.29) is 0 Å². The van der Waals surface area contributed by atoms with E-state index in [1.54, 1.807) is 0 Å². The lowest BCUT2D eigenvalue weighted by atomic mass is 9.99. The Morgan fingerprint density at radius 3 is 2.53 bits per heavy atom. The molecule has 2 nitrogen and oxygen atoms in total. The van der Waals surface area contributed by atoms with Gasteiger partial charge in [-0.05, 0) is 46.2 Å². The van der Waals surface area contributed by atoms with Crippen molar-refractivity contribution >= 4 is 0 Å². The number of nitrogens with one attached hydrogen (secondary N) is 1. The minimum Gasteiger partial charge on any atom is -0.315 e. The average molecular weight is 212 g/mol. The Hall–Kier alpha value is -0.0800. The second-order valence-corrected chi connectivity index (χ2v) is 4.89. The molecule has 1 rings (SSSR count). The van der Waals surface area contributed by atoms with Gasteiger partial charge in [-0.25, -0.2) is 0 Å². The third-order valence-corrected chi connectivity index (χ3v) is 3.88. The number of nitrogens with zero attached hydrogens (tertiary/aromatic N) is 1. The van der Waals surface area contributed by atoms with Crippen molar-refractivity contribution in [3.05, 3.63) is 0 Å². The first kappa shape index (κ1) is 13.0. The molecule has 0 aromatic carbocycles. The van der Waals surface area contributed by atoms with Crippen molar-refractivity contribution in [3.8, 4) is 0 Å². The Labute approximate surface area is 95.4 Å². The van der Waals surface area contributed by atoms with Crippen LogP contribution in [0.4, 0.5) is 0 Å². The van der Waals surface area contributed by atoms with Crippen LogP contribution < -0.4 is 5.32 Å². The maximum absolute atomic E-state index is 3.51. The monoisotopic (exact) mass is 212 g/mol. The highest BCUT2D eigenvalue weighted by Crippen LogP contribution is 2.24. The van der Waals surface area contributed by atoms with Gasteiger partial charge >= 0.3 is 0 Å². The van der Waals surface area contributed by atoms with Crippen LogP contribution in [0.1, 0.15) is 52.9 Å². The summed E-state index contributed by atoms with van der Waals surface area (Å²) >= 11 is 0. The molecular weight excluding hydrogens is 184 g/mol. The molecule has 0 spiro atoms. The van der Waals surface area contributed by atoms with E-state index >= 15 is 0 Å². The van der Waals surface area contributed by atoms with E-state index in [4.69, 9.17) is 0 Å². The predicted molar refractivity (Wildman–Crippen MR) is 67.2 cm³/mol. The zero-order valence-corrected chi connectivity index (χ0v) is 10.9. The molecule has 1 N–H and O–H groups in total. The first-order valence-electron chi connectivity index (χ1n) is 6.67. The zero-order chi connectivity index (χ0) is 11.3. The van der Waals surface area contributed by atoms with Crippen molar-refractivity contribution in [2.75, 3.05) is 13.6 Å². The van der Waals surface area contributed by atoms with Crippen LogP contribution in [0.3, 0.4) is 0 Å². The van der Waals surface area contributed by atoms with Gasteiger partial charge in [-0.2, -0.15) is 0 Å². The van der Waals surface area contributed by atoms with E-state index < -0.39 is 0 Å². The summed E-state index contributed by atoms with van der Waals surface area (Å²) in [7, 11) is 2.11. The molecule has 15 heavy (non-hydrogen) atoms. The minimum atomic E-state index is 0.681. The van der Waals surface area contributed by atoms with E-state index in [1.165, 1.54) is 38.6 Å². The highest BCUT2D eigenvalue weighted by Gasteiger charge is 2.30. The molecule has 0 radical (unpaired) electrons. The van der Waals surface area contributed by atoms with Crippen LogP contribution >= 0.6 is 0 Å². The molecule has 1 saturated heterocycles. The van der Waals surface area contributed by atoms with Crippen LogP contribution in [0.2, 0.25) is 0 Å². The molecule has 0 amide bonds. The fraction of sp³-hybridized carbons (Fsp3) is 1.00. The second-order valence-electron chi connectivity index (χ2n) is 4.89. The number of likely N-dealkylation sites (N-methyl/N-ethyl adjacent to an activating group) is 1. The molecule has 2 heteroatoms. The van der Waals surface area contributed by atoms with E-state index in [9.17, 15) is 0 Å². The molecule has 0 aliphatic carbocycles. The highest BCUT2D eigenvalue weighted by molar-refractivity contribution is 4.88. The zero-order valence-electron chi connectivity index (χ0n) is 10.9. The number of hydrogen-bond acceptors (Lipinski definition) is 2. The van der Waals surface area contributed by atoms with Crippen LogP contribution in [0.15, 0.2) is 0 Å². The fourth-order valence-corrected chi connectivity index (χ4v) is 3.04. The van der Waals surface area contributed by atoms with E-state index in [1.807, 2.05) is 0 Å². The van der Waals surface area contributed by atoms with Gasteiger partial charge in [0.25, 0.3) is 0 Å². The molecule has 90 valence electrons. The van der Waals surface area contributed by atoms with E-state index in [2.05, 4.69) is 38.0 Å². The summed E-state index contributed by atoms with van der Waals surface area (Å²) in [6.07, 6.45) is 6.64. The van der Waals surface area contributed by atoms with Gasteiger partial charge in [0.05, 0.1) is 0 Å². The Bertz CT molecular complexity index is 170. The molecule has 3 atom stereocenters. The van der Waals surface area contributed by atoms with Gasteiger partial charge in [-0.1, -0.05) is 20.3 Å². The highest BCUT2D eigenvalue weighted by atomic mass is 15.2. The van der Waals surface area contributed by atoms with Gasteiger partial charge in [-0.15, -0.1) is 0 Å². The summed E-state index contributed by atoms with van der Waals surface area (Å²) in [5.74, 6) is 0. The van der Waals surface area contributed by atoms with Crippen LogP contribution in [0.5, 0.6) is 0 Å². The van der Waals surface area contributed by atoms with Gasteiger partial charge in [0.2, 0.25) is 0 Å². The van der Waals surface area contributed by atoms with Gasteiger partial charge < -0.3 is 5.32 Å². The van der Waals surface area contributed by atoms with Crippen molar-refractivity contribution < 1.29 is 0 Å². The van der Waals surface area contributed by atoms with Crippen molar-refractivity contribution in [3.63, 3.8) is 0 Å². The predicted octanol–water partition coefficient (Wildman–Crippen LogP) is 2.64. The summed E-state index contributed by atoms with van der Waals surface area (Å²) < 4.78 is 0. The average Bonchev–Trinajstić information content (AvgIpc) is 2.65. The molecule has 0 saturated carbocycles. The van der Waals surface area contributed by atoms with Crippen molar-refractivity contribution in [2.24, 2.45) is 0 Å². The lowest BCUT2D eigenvalue weighted by Gasteiger charge is -2.36. The minimum absolute atomic E-state index is 0.681. The summed E-state index contributed by atoms with van der Waals surface area (Å²) in [6.45, 7) is 8.30. The normalized spacial score (nSPS) is 26.8. The second kappa shape index (κ2) is 6.49. The van der Waals surface area contributed by atoms with E-state index in [0.717, 1.165) is 12.1 Å². The van der Waals surface area contributed by atoms with E-state index in [0.29, 0.717) is 6.04 Å². The third kappa shape index (κ3) is 3.18. The van der Waals surface area contributed by atoms with Crippen LogP contribution in [-0.4, -0.2) is 36.6 Å². The van der Waals surface area contributed by atoms with Crippen molar-refractivity contribution in [1.82, 2.24) is 10.2 Å². The molecule has 3 unspecified atom stereocenters. The first-order valence-corrected chi connectivity index (χ1v) is 6.67. The number of rotatable bonds is 6. The van der Waals surface area contributed by atoms with Crippen LogP contribution in [0, 0.1) is 0 Å². The fourth-order valence-electron chi connectivity index (χ4n) is 3.04. The molecule has 1 aliphatic heterocycles. The van der Waals surface area contributed by atoms with Gasteiger partial charge in [0.15, 0.2) is 0 Å². The Morgan fingerprint density at radius 2 is 2.13 bits per heavy atom. The summed E-state index contributed by atoms with van der Waals surface area (Å²) in [5, 5.41) is 3.51. The quantitative estimate of drug-likeness (QED) is 0.728. The van der Waals surface area contributed by atoms with Gasteiger partial charge in [0.1, 0.15) is 0 Å². The van der Waals surface area contributed by atoms with Crippen molar-refractivity contribution in [1.29, 1.82) is 0 Å². The maximum atomic E-state index is 3.51. The third-order valence-electron chi connectivity index (χ3n) is 3.88. The summed E-state index contributed by atoms with van der Waals surface area (Å²) in [6, 6.07) is 2.22. The Balaban J connectivity index is 2.58. The summed E-state index contributed by atoms with van der Waals surface area (Å²) in [5.41, 5.74) is 0.